The first-order valence-electron chi connectivity index (χ1n) is 7.37. The third-order valence-electron chi connectivity index (χ3n) is 3.51. The fourth-order valence-electron chi connectivity index (χ4n) is 2.32. The van der Waals surface area contributed by atoms with Crippen LogP contribution in [0.4, 0.5) is 0 Å². The van der Waals surface area contributed by atoms with Gasteiger partial charge in [0.2, 0.25) is 0 Å². The highest BCUT2D eigenvalue weighted by atomic mass is 16.5. The summed E-state index contributed by atoms with van der Waals surface area (Å²) in [6.07, 6.45) is 3.80. The summed E-state index contributed by atoms with van der Waals surface area (Å²) in [4.78, 5) is 0. The number of hydrogen-bond acceptors (Lipinski definition) is 3. The summed E-state index contributed by atoms with van der Waals surface area (Å²) < 4.78 is 11.3. The first kappa shape index (κ1) is 14.4. The number of rotatable bonds is 7. The second kappa shape index (κ2) is 7.51. The van der Waals surface area contributed by atoms with Gasteiger partial charge in [-0.25, -0.2) is 0 Å². The molecule has 0 unspecified atom stereocenters. The van der Waals surface area contributed by atoms with Crippen LogP contribution >= 0.6 is 0 Å². The van der Waals surface area contributed by atoms with Gasteiger partial charge < -0.3 is 14.8 Å². The Morgan fingerprint density at radius 2 is 2.37 bits per heavy atom. The average molecular weight is 263 g/mol. The Hall–Kier alpha value is -1.06. The molecule has 0 spiro atoms. The average Bonchev–Trinajstić information content (AvgIpc) is 2.96. The van der Waals surface area contributed by atoms with E-state index in [0.717, 1.165) is 31.9 Å². The molecule has 2 rings (SSSR count). The van der Waals surface area contributed by atoms with E-state index < -0.39 is 0 Å². The second-order valence-electron chi connectivity index (χ2n) is 5.19. The van der Waals surface area contributed by atoms with E-state index in [1.54, 1.807) is 0 Å². The van der Waals surface area contributed by atoms with Gasteiger partial charge in [0.15, 0.2) is 0 Å². The van der Waals surface area contributed by atoms with Crippen molar-refractivity contribution in [3.8, 4) is 5.75 Å². The van der Waals surface area contributed by atoms with E-state index in [-0.39, 0.29) is 0 Å². The quantitative estimate of drug-likeness (QED) is 0.818. The SMILES string of the molecule is CCCOc1cccc([C@@H](C)NC[C@H]2CCCO2)c1. The second-order valence-corrected chi connectivity index (χ2v) is 5.19. The molecule has 1 aromatic rings. The molecular formula is C16H25NO2. The maximum absolute atomic E-state index is 5.67. The molecule has 1 aromatic carbocycles. The van der Waals surface area contributed by atoms with E-state index in [1.165, 1.54) is 18.4 Å². The normalized spacial score (nSPS) is 20.4. The Bertz CT molecular complexity index is 375. The van der Waals surface area contributed by atoms with Crippen molar-refractivity contribution in [1.82, 2.24) is 5.32 Å². The molecule has 1 aliphatic heterocycles. The number of nitrogens with one attached hydrogen (secondary N) is 1. The Kier molecular flexibility index (Phi) is 5.67. The molecule has 1 aliphatic rings. The van der Waals surface area contributed by atoms with Crippen LogP contribution in [0.1, 0.15) is 44.7 Å². The van der Waals surface area contributed by atoms with Gasteiger partial charge in [-0.3, -0.25) is 0 Å². The van der Waals surface area contributed by atoms with Gasteiger partial charge >= 0.3 is 0 Å². The summed E-state index contributed by atoms with van der Waals surface area (Å²) in [5.74, 6) is 0.963. The zero-order chi connectivity index (χ0) is 13.5. The zero-order valence-corrected chi connectivity index (χ0v) is 12.0. The predicted molar refractivity (Wildman–Crippen MR) is 77.6 cm³/mol. The van der Waals surface area contributed by atoms with E-state index in [2.05, 4.69) is 37.4 Å². The van der Waals surface area contributed by atoms with Crippen LogP contribution < -0.4 is 10.1 Å². The monoisotopic (exact) mass is 263 g/mol. The number of ether oxygens (including phenoxy) is 2. The third-order valence-corrected chi connectivity index (χ3v) is 3.51. The van der Waals surface area contributed by atoms with Gasteiger partial charge in [-0.2, -0.15) is 0 Å². The number of hydrogen-bond donors (Lipinski definition) is 1. The summed E-state index contributed by atoms with van der Waals surface area (Å²) >= 11 is 0. The lowest BCUT2D eigenvalue weighted by Gasteiger charge is -2.18. The number of benzene rings is 1. The fourth-order valence-corrected chi connectivity index (χ4v) is 2.32. The first-order valence-corrected chi connectivity index (χ1v) is 7.37. The third kappa shape index (κ3) is 4.51. The van der Waals surface area contributed by atoms with E-state index >= 15 is 0 Å². The summed E-state index contributed by atoms with van der Waals surface area (Å²) in [7, 11) is 0. The molecule has 1 N–H and O–H groups in total. The Morgan fingerprint density at radius 1 is 1.47 bits per heavy atom. The van der Waals surface area contributed by atoms with Gasteiger partial charge in [0.05, 0.1) is 12.7 Å². The maximum Gasteiger partial charge on any atom is 0.119 e. The lowest BCUT2D eigenvalue weighted by Crippen LogP contribution is -2.28. The van der Waals surface area contributed by atoms with E-state index in [4.69, 9.17) is 9.47 Å². The Morgan fingerprint density at radius 3 is 3.11 bits per heavy atom. The fraction of sp³-hybridized carbons (Fsp3) is 0.625. The molecule has 2 atom stereocenters. The van der Waals surface area contributed by atoms with Crippen molar-refractivity contribution in [2.45, 2.75) is 45.3 Å². The van der Waals surface area contributed by atoms with Crippen molar-refractivity contribution in [2.24, 2.45) is 0 Å². The van der Waals surface area contributed by atoms with Gasteiger partial charge in [-0.15, -0.1) is 0 Å². The van der Waals surface area contributed by atoms with E-state index in [1.807, 2.05) is 6.07 Å². The van der Waals surface area contributed by atoms with Crippen molar-refractivity contribution in [3.63, 3.8) is 0 Å². The molecule has 0 aliphatic carbocycles. The maximum atomic E-state index is 5.67. The minimum atomic E-state index is 0.328. The molecule has 0 radical (unpaired) electrons. The van der Waals surface area contributed by atoms with Crippen LogP contribution in [0.5, 0.6) is 5.75 Å². The molecule has 0 saturated carbocycles. The van der Waals surface area contributed by atoms with Crippen LogP contribution in [0.15, 0.2) is 24.3 Å². The van der Waals surface area contributed by atoms with Gasteiger partial charge in [0.1, 0.15) is 5.75 Å². The van der Waals surface area contributed by atoms with Gasteiger partial charge in [-0.1, -0.05) is 19.1 Å². The van der Waals surface area contributed by atoms with Crippen LogP contribution in [-0.4, -0.2) is 25.9 Å². The van der Waals surface area contributed by atoms with Crippen molar-refractivity contribution in [1.29, 1.82) is 0 Å². The smallest absolute Gasteiger partial charge is 0.119 e. The van der Waals surface area contributed by atoms with Crippen LogP contribution in [0, 0.1) is 0 Å². The molecule has 3 heteroatoms. The van der Waals surface area contributed by atoms with Crippen molar-refractivity contribution in [3.05, 3.63) is 29.8 Å². The standard InChI is InChI=1S/C16H25NO2/c1-3-9-18-15-7-4-6-14(11-15)13(2)17-12-16-8-5-10-19-16/h4,6-7,11,13,16-17H,3,5,8-10,12H2,1-2H3/t13-,16-/m1/s1. The van der Waals surface area contributed by atoms with Crippen LogP contribution in [0.3, 0.4) is 0 Å². The lowest BCUT2D eigenvalue weighted by atomic mass is 10.1. The highest BCUT2D eigenvalue weighted by Gasteiger charge is 2.16. The van der Waals surface area contributed by atoms with Crippen molar-refractivity contribution in [2.75, 3.05) is 19.8 Å². The van der Waals surface area contributed by atoms with Crippen LogP contribution in [0.2, 0.25) is 0 Å². The highest BCUT2D eigenvalue weighted by molar-refractivity contribution is 5.30. The topological polar surface area (TPSA) is 30.5 Å². The van der Waals surface area contributed by atoms with Crippen molar-refractivity contribution >= 4 is 0 Å². The molecule has 1 saturated heterocycles. The molecule has 19 heavy (non-hydrogen) atoms. The molecule has 1 heterocycles. The zero-order valence-electron chi connectivity index (χ0n) is 12.0. The molecule has 1 fully saturated rings. The van der Waals surface area contributed by atoms with Gasteiger partial charge in [0, 0.05) is 19.2 Å². The van der Waals surface area contributed by atoms with Gasteiger partial charge in [-0.05, 0) is 43.9 Å². The summed E-state index contributed by atoms with van der Waals surface area (Å²) in [5.41, 5.74) is 1.27. The lowest BCUT2D eigenvalue weighted by molar-refractivity contribution is 0.108. The first-order chi connectivity index (χ1) is 9.29. The Balaban J connectivity index is 1.84. The highest BCUT2D eigenvalue weighted by Crippen LogP contribution is 2.20. The van der Waals surface area contributed by atoms with Crippen molar-refractivity contribution < 1.29 is 9.47 Å². The van der Waals surface area contributed by atoms with E-state index in [0.29, 0.717) is 12.1 Å². The Labute approximate surface area is 116 Å². The minimum absolute atomic E-state index is 0.328. The largest absolute Gasteiger partial charge is 0.494 e. The molecular weight excluding hydrogens is 238 g/mol. The molecule has 106 valence electrons. The molecule has 0 amide bonds. The van der Waals surface area contributed by atoms with Crippen LogP contribution in [0.25, 0.3) is 0 Å². The van der Waals surface area contributed by atoms with E-state index in [9.17, 15) is 0 Å². The summed E-state index contributed by atoms with van der Waals surface area (Å²) in [5, 5.41) is 3.54. The predicted octanol–water partition coefficient (Wildman–Crippen LogP) is 3.31. The molecule has 0 aromatic heterocycles. The van der Waals surface area contributed by atoms with Gasteiger partial charge in [0.25, 0.3) is 0 Å². The minimum Gasteiger partial charge on any atom is -0.494 e. The summed E-state index contributed by atoms with van der Waals surface area (Å²) in [6.45, 7) is 6.94. The summed E-state index contributed by atoms with van der Waals surface area (Å²) in [6, 6.07) is 8.68. The molecule has 3 nitrogen and oxygen atoms in total. The van der Waals surface area contributed by atoms with Crippen LogP contribution in [-0.2, 0) is 4.74 Å². The molecule has 0 bridgehead atoms.